The third-order valence-electron chi connectivity index (χ3n) is 11.3. The molecule has 105 heavy (non-hydrogen) atoms. The molecular weight excluding hydrogens is 2460 g/mol. The van der Waals surface area contributed by atoms with Gasteiger partial charge in [0, 0.05) is 66.1 Å². The van der Waals surface area contributed by atoms with Crippen molar-refractivity contribution in [2.75, 3.05) is 47.8 Å². The van der Waals surface area contributed by atoms with Crippen molar-refractivity contribution < 1.29 is 134 Å². The van der Waals surface area contributed by atoms with Gasteiger partial charge in [-0.3, -0.25) is 33.7 Å². The van der Waals surface area contributed by atoms with Crippen LogP contribution in [0.25, 0.3) is 46.4 Å². The molecule has 4 aromatic carbocycles. The number of hydrogen-bond donors (Lipinski definition) is 5. The number of rotatable bonds is 15. The number of carboxylic acid groups (broad SMARTS) is 3. The number of aromatic carboxylic acids is 1. The van der Waals surface area contributed by atoms with Gasteiger partial charge in [0.25, 0.3) is 0 Å². The zero-order chi connectivity index (χ0) is 77.2. The van der Waals surface area contributed by atoms with Crippen LogP contribution in [-0.2, 0) is 81.9 Å². The van der Waals surface area contributed by atoms with Gasteiger partial charge in [-0.15, -0.1) is 45.3 Å². The van der Waals surface area contributed by atoms with E-state index in [-0.39, 0.29) is 94.1 Å². The van der Waals surface area contributed by atoms with E-state index in [0.29, 0.717) is 22.4 Å². The van der Waals surface area contributed by atoms with Crippen LogP contribution in [0.5, 0.6) is 23.0 Å². The number of phenols is 1. The Bertz CT molecular complexity index is 4110. The number of hydrogen-bond acceptors (Lipinski definition) is 23. The molecule has 0 saturated carbocycles. The van der Waals surface area contributed by atoms with Gasteiger partial charge in [0.15, 0.2) is 12.1 Å². The van der Waals surface area contributed by atoms with Crippen LogP contribution in [0.1, 0.15) is 93.1 Å². The van der Waals surface area contributed by atoms with E-state index >= 15 is 0 Å². The number of aliphatic hydroxyl groups is 1. The first-order chi connectivity index (χ1) is 48.2. The number of aromatic hydroxyl groups is 1. The maximum atomic E-state index is 11.5. The maximum absolute atomic E-state index is 11.5. The molecule has 0 amide bonds. The summed E-state index contributed by atoms with van der Waals surface area (Å²) in [6, 6.07) is 24.8. The molecule has 10 rings (SSSR count). The number of esters is 4. The predicted molar refractivity (Wildman–Crippen MR) is 494 cm³/mol. The molecule has 0 aliphatic heterocycles. The van der Waals surface area contributed by atoms with Gasteiger partial charge in [0.2, 0.25) is 0 Å². The quantitative estimate of drug-likeness (QED) is 0.00733. The molecule has 0 bridgehead atoms. The van der Waals surface area contributed by atoms with Gasteiger partial charge in [-0.1, -0.05) is 166 Å². The molecule has 36 heteroatoms. The van der Waals surface area contributed by atoms with Crippen molar-refractivity contribution in [3.8, 4) is 23.0 Å². The number of halogens is 8. The summed E-state index contributed by atoms with van der Waals surface area (Å²) in [6.07, 6.45) is 1.92. The summed E-state index contributed by atoms with van der Waals surface area (Å²) in [6.45, 7) is 2.94. The number of ketones is 1. The number of aliphatic hydroxyl groups excluding tert-OH is 1. The van der Waals surface area contributed by atoms with Crippen LogP contribution in [0.15, 0.2) is 134 Å². The van der Waals surface area contributed by atoms with Gasteiger partial charge in [-0.25, -0.2) is 14.4 Å². The molecule has 576 valence electrons. The number of fused-ring (bicyclic) bond motifs is 4. The average Bonchev–Trinajstić information content (AvgIpc) is 1.77. The van der Waals surface area contributed by atoms with Crippen LogP contribution in [0.2, 0.25) is 0 Å². The molecule has 5 N–H and O–H groups in total. The minimum absolute atomic E-state index is 0. The summed E-state index contributed by atoms with van der Waals surface area (Å²) in [4.78, 5) is 103. The molecule has 0 aliphatic rings. The Morgan fingerprint density at radius 3 is 1.30 bits per heavy atom. The van der Waals surface area contributed by atoms with Crippen LogP contribution in [0.4, 0.5) is 0 Å². The number of phenolic OH excluding ortho intramolecular Hbond substituents is 1. The largest absolute Gasteiger partial charge is 0.506 e. The van der Waals surface area contributed by atoms with Crippen LogP contribution in [0.3, 0.4) is 0 Å². The van der Waals surface area contributed by atoms with Crippen molar-refractivity contribution in [3.05, 3.63) is 179 Å². The first-order valence-electron chi connectivity index (χ1n) is 27.5. The third kappa shape index (κ3) is 47.1. The van der Waals surface area contributed by atoms with Crippen LogP contribution >= 0.6 is 249 Å². The second kappa shape index (κ2) is 68.6. The number of carbonyl (C=O) groups excluding carboxylic acids is 6. The van der Waals surface area contributed by atoms with Crippen LogP contribution < -0.4 is 14.2 Å². The van der Waals surface area contributed by atoms with Gasteiger partial charge < -0.3 is 84.0 Å². The molecule has 0 fully saturated rings. The molecule has 0 atom stereocenters. The fourth-order valence-electron chi connectivity index (χ4n) is 7.12. The van der Waals surface area contributed by atoms with Crippen molar-refractivity contribution in [2.24, 2.45) is 0 Å². The van der Waals surface area contributed by atoms with E-state index in [4.69, 9.17) is 34.6 Å². The van der Waals surface area contributed by atoms with Gasteiger partial charge in [0.1, 0.15) is 22.9 Å². The molecule has 0 aliphatic carbocycles. The number of Topliss-reactive ketones (excluding diaryl/α,β-unsaturated/α-hetero) is 1. The topological polar surface area (TPSA) is 310 Å². The minimum atomic E-state index is -1.20. The number of ether oxygens (including phenoxy) is 6. The van der Waals surface area contributed by atoms with Crippen molar-refractivity contribution in [1.29, 1.82) is 0 Å². The van der Waals surface area contributed by atoms with E-state index in [2.05, 4.69) is 177 Å². The van der Waals surface area contributed by atoms with Crippen molar-refractivity contribution in [1.82, 2.24) is 0 Å². The van der Waals surface area contributed by atoms with E-state index < -0.39 is 48.2 Å². The molecule has 0 unspecified atom stereocenters. The molecule has 6 aromatic heterocycles. The molecule has 0 spiro atoms. The Hall–Kier alpha value is -2.14. The smallest absolute Gasteiger partial charge is 0.338 e. The fourth-order valence-corrected chi connectivity index (χ4v) is 11.7. The molecule has 20 nitrogen and oxygen atoms in total. The summed E-state index contributed by atoms with van der Waals surface area (Å²) in [5.41, 5.74) is 3.45. The van der Waals surface area contributed by atoms with Gasteiger partial charge >= 0.3 is 41.8 Å². The number of alkyl halides is 7. The van der Waals surface area contributed by atoms with Crippen molar-refractivity contribution in [2.45, 2.75) is 47.1 Å². The number of carbonyl (C=O) groups is 9. The van der Waals surface area contributed by atoms with Gasteiger partial charge in [-0.05, 0) is 178 Å². The standard InChI is InChI=1S/C12H10O4S.C11H10O2S.C10H10O2S.C9H8O4S.C9H6O3S.C6H10O4.C5H4OS.CHI3.CH2I2.2CH3I.CH2I.CH4.CH3.2V/c1-7(13)16-10-6-9(12(14)15-2)5-8-3-4-17-11(8)10;1-7(12)9-5-8-3-4-14-11(8)10(6-9)13-2;1-12-9-5-7(6-11)4-8-2-3-13-10(8)9;10-8(11)4-7(9(12)13)3-6-1-2-14-5-6;10-7-4-6(9(11)12)3-5-1-2-13-8(5)7;1-9-5(7)3-4-6(8)10-2;6-3-5-1-2-7-4-5;2-1(3)4;2-1-3;3*1-2;;;;/h3-6H,1-2H3;3-6H,1-2H3;2-5,11H,6H2,1H3;1-3,5H,4H2,(H,10,11)(H,12,13);1-4,10H,(H,11,12);3-4H2,1-2H3;1-4H;1H;1H2;2*1H3;1H2;1H4;1H3;;/q;;;;;;;;;;;-1;;-1;;/b;;;7-3-;;;;;;;;;;;;. The first kappa shape index (κ1) is 114. The molecule has 6 heterocycles. The summed E-state index contributed by atoms with van der Waals surface area (Å²) in [7, 11) is 7.14. The SMILES string of the molecule is C.CI.CI.COC(=O)CCC(=O)OC.COC(=O)c1cc(OC(C)=O)c2sccc2c1.COc1cc(C(C)=O)cc2ccsc12.COc1cc(CO)cc2ccsc12.IC(I)I.ICI.O=C(O)C/C(=C/c1ccsc1)C(=O)O.O=C(O)c1cc(O)c2sccc2c1.O=Cc1ccsc1.[CH2-]I.[CH3-].[V].[V]. The Kier molecular flexibility index (Phi) is 74.4. The van der Waals surface area contributed by atoms with E-state index in [1.165, 1.54) is 94.2 Å². The Balaban J connectivity index is -0.000000265. The van der Waals surface area contributed by atoms with E-state index in [1.807, 2.05) is 101 Å². The fraction of sp³-hybridized carbons (Fsp3) is 0.232. The third-order valence-corrected chi connectivity index (χ3v) is 16.5. The van der Waals surface area contributed by atoms with E-state index in [1.54, 1.807) is 91.0 Å². The van der Waals surface area contributed by atoms with Gasteiger partial charge in [0.05, 0.1) is 93.8 Å². The van der Waals surface area contributed by atoms with Crippen molar-refractivity contribution in [3.63, 3.8) is 0 Å². The summed E-state index contributed by atoms with van der Waals surface area (Å²) >= 11 is 26.8. The zero-order valence-electron chi connectivity index (χ0n) is 56.9. The van der Waals surface area contributed by atoms with Crippen molar-refractivity contribution >= 4 is 349 Å². The zero-order valence-corrected chi connectivity index (χ0v) is 81.9. The Morgan fingerprint density at radius 2 is 0.943 bits per heavy atom. The number of aliphatic carboxylic acids is 2. The minimum Gasteiger partial charge on any atom is -0.506 e. The second-order valence-electron chi connectivity index (χ2n) is 17.7. The number of methoxy groups -OCH3 is 5. The second-order valence-corrected chi connectivity index (χ2v) is 38.2. The number of aldehydes is 1. The maximum Gasteiger partial charge on any atom is 0.338 e. The predicted octanol–water partition coefficient (Wildman–Crippen LogP) is 22.6. The average molecular weight is 2530 g/mol. The normalized spacial score (nSPS) is 9.24. The molecule has 0 saturated heterocycles. The Morgan fingerprint density at radius 1 is 0.552 bits per heavy atom. The summed E-state index contributed by atoms with van der Waals surface area (Å²) < 4.78 is 34.5. The Labute approximate surface area is 768 Å². The monoisotopic (exact) mass is 2530 g/mol. The molecule has 2 radical (unpaired) electrons. The van der Waals surface area contributed by atoms with Crippen LogP contribution in [0, 0.1) is 12.4 Å². The first-order valence-corrected chi connectivity index (χ1v) is 45.6. The number of carboxylic acids is 3. The summed E-state index contributed by atoms with van der Waals surface area (Å²) in [5.74, 6) is -2.91. The van der Waals surface area contributed by atoms with E-state index in [0.717, 1.165) is 69.2 Å². The van der Waals surface area contributed by atoms with Crippen LogP contribution in [-0.4, -0.2) is 127 Å². The number of thiophene rings is 6. The molecule has 10 aromatic rings. The van der Waals surface area contributed by atoms with Gasteiger partial charge in [-0.2, -0.15) is 22.7 Å². The summed E-state index contributed by atoms with van der Waals surface area (Å²) in [5, 5.41) is 63.1. The number of benzene rings is 4. The molecular formula is C69H76I8O20S6V2-2. The van der Waals surface area contributed by atoms with E-state index in [9.17, 15) is 48.3 Å².